The van der Waals surface area contributed by atoms with Gasteiger partial charge in [0, 0.05) is 37.5 Å². The lowest BCUT2D eigenvalue weighted by Gasteiger charge is -2.05. The van der Waals surface area contributed by atoms with Crippen LogP contribution in [0.2, 0.25) is 0 Å². The van der Waals surface area contributed by atoms with Gasteiger partial charge in [-0.25, -0.2) is 30.8 Å². The predicted octanol–water partition coefficient (Wildman–Crippen LogP) is 1.51. The highest BCUT2D eigenvalue weighted by atomic mass is 32.2. The van der Waals surface area contributed by atoms with Gasteiger partial charge in [0.25, 0.3) is 10.0 Å². The number of hydrogen-bond acceptors (Lipinski definition) is 6. The van der Waals surface area contributed by atoms with Crippen LogP contribution in [0.15, 0.2) is 71.2 Å². The van der Waals surface area contributed by atoms with E-state index in [0.29, 0.717) is 12.0 Å². The van der Waals surface area contributed by atoms with E-state index < -0.39 is 19.9 Å². The topological polar surface area (TPSA) is 99.0 Å². The average Bonchev–Trinajstić information content (AvgIpc) is 3.05. The summed E-state index contributed by atoms with van der Waals surface area (Å²) in [6.07, 6.45) is 7.27. The van der Waals surface area contributed by atoms with Crippen molar-refractivity contribution in [1.29, 1.82) is 0 Å². The Morgan fingerprint density at radius 2 is 1.56 bits per heavy atom. The third-order valence-electron chi connectivity index (χ3n) is 3.47. The van der Waals surface area contributed by atoms with E-state index in [0.717, 1.165) is 15.8 Å². The Morgan fingerprint density at radius 3 is 2.16 bits per heavy atom. The summed E-state index contributed by atoms with van der Waals surface area (Å²) in [7, 11) is -7.07. The van der Waals surface area contributed by atoms with Crippen molar-refractivity contribution >= 4 is 19.9 Å². The van der Waals surface area contributed by atoms with E-state index in [1.165, 1.54) is 36.9 Å². The van der Waals surface area contributed by atoms with Gasteiger partial charge >= 0.3 is 0 Å². The Kier molecular flexibility index (Phi) is 4.44. The van der Waals surface area contributed by atoms with Crippen LogP contribution >= 0.6 is 0 Å². The van der Waals surface area contributed by atoms with Gasteiger partial charge in [-0.2, -0.15) is 0 Å². The van der Waals surface area contributed by atoms with E-state index in [1.807, 2.05) is 0 Å². The summed E-state index contributed by atoms with van der Waals surface area (Å²) in [5, 5.41) is -0.236. The first kappa shape index (κ1) is 17.3. The molecule has 25 heavy (non-hydrogen) atoms. The molecule has 0 saturated heterocycles. The zero-order valence-electron chi connectivity index (χ0n) is 13.3. The molecule has 9 heteroatoms. The van der Waals surface area contributed by atoms with E-state index in [-0.39, 0.29) is 10.1 Å². The van der Waals surface area contributed by atoms with Gasteiger partial charge in [-0.3, -0.25) is 0 Å². The summed E-state index contributed by atoms with van der Waals surface area (Å²) in [5.41, 5.74) is 1.43. The second-order valence-corrected chi connectivity index (χ2v) is 9.24. The second kappa shape index (κ2) is 6.41. The molecule has 0 N–H and O–H groups in total. The van der Waals surface area contributed by atoms with Crippen LogP contribution in [-0.4, -0.2) is 37.0 Å². The first-order valence-corrected chi connectivity index (χ1v) is 10.6. The van der Waals surface area contributed by atoms with Crippen LogP contribution in [0.3, 0.4) is 0 Å². The van der Waals surface area contributed by atoms with E-state index in [1.54, 1.807) is 24.3 Å². The molecule has 3 rings (SSSR count). The van der Waals surface area contributed by atoms with E-state index in [4.69, 9.17) is 0 Å². The Morgan fingerprint density at radius 1 is 0.920 bits per heavy atom. The lowest BCUT2D eigenvalue weighted by molar-refractivity contribution is 0.587. The summed E-state index contributed by atoms with van der Waals surface area (Å²) in [5.74, 6) is 0. The fraction of sp³-hybridized carbons (Fsp3) is 0.125. The third kappa shape index (κ3) is 3.77. The molecule has 0 bridgehead atoms. The SMILES string of the molecule is CS(=O)(=O)c1ncc(Cc2ccn(S(=O)(=O)c3ccccc3)c2)cn1. The molecule has 2 heterocycles. The van der Waals surface area contributed by atoms with Gasteiger partial charge < -0.3 is 0 Å². The summed E-state index contributed by atoms with van der Waals surface area (Å²) >= 11 is 0. The van der Waals surface area contributed by atoms with Gasteiger partial charge in [0.1, 0.15) is 0 Å². The molecule has 0 fully saturated rings. The smallest absolute Gasteiger partial charge is 0.249 e. The minimum absolute atomic E-state index is 0.206. The quantitative estimate of drug-likeness (QED) is 0.625. The predicted molar refractivity (Wildman–Crippen MR) is 91.4 cm³/mol. The molecule has 3 aromatic rings. The van der Waals surface area contributed by atoms with Gasteiger partial charge in [-0.1, -0.05) is 18.2 Å². The Bertz CT molecular complexity index is 1090. The van der Waals surface area contributed by atoms with Crippen molar-refractivity contribution in [3.8, 4) is 0 Å². The molecular formula is C16H15N3O4S2. The van der Waals surface area contributed by atoms with Gasteiger partial charge in [-0.05, 0) is 29.3 Å². The molecule has 130 valence electrons. The molecule has 0 aliphatic rings. The zero-order valence-corrected chi connectivity index (χ0v) is 14.9. The summed E-state index contributed by atoms with van der Waals surface area (Å²) in [6, 6.07) is 9.83. The fourth-order valence-corrected chi connectivity index (χ4v) is 3.98. The molecule has 2 aromatic heterocycles. The lowest BCUT2D eigenvalue weighted by atomic mass is 10.1. The van der Waals surface area contributed by atoms with Crippen LogP contribution < -0.4 is 0 Å². The molecule has 0 saturated carbocycles. The van der Waals surface area contributed by atoms with Gasteiger partial charge in [0.2, 0.25) is 15.0 Å². The van der Waals surface area contributed by atoms with Crippen molar-refractivity contribution in [2.75, 3.05) is 6.26 Å². The van der Waals surface area contributed by atoms with Crippen LogP contribution in [-0.2, 0) is 26.3 Å². The molecule has 0 aliphatic carbocycles. The minimum atomic E-state index is -3.63. The standard InChI is InChI=1S/C16H15N3O4S2/c1-24(20,21)16-17-10-14(11-18-16)9-13-7-8-19(12-13)25(22,23)15-5-3-2-4-6-15/h2-8,10-12H,9H2,1H3. The normalized spacial score (nSPS) is 12.2. The first-order valence-electron chi connectivity index (χ1n) is 7.25. The first-order chi connectivity index (χ1) is 11.8. The summed E-state index contributed by atoms with van der Waals surface area (Å²) < 4.78 is 48.9. The van der Waals surface area contributed by atoms with Crippen molar-refractivity contribution in [3.63, 3.8) is 0 Å². The molecule has 0 aliphatic heterocycles. The highest BCUT2D eigenvalue weighted by Crippen LogP contribution is 2.16. The van der Waals surface area contributed by atoms with Crippen molar-refractivity contribution in [2.24, 2.45) is 0 Å². The number of benzene rings is 1. The molecule has 0 atom stereocenters. The maximum absolute atomic E-state index is 12.5. The minimum Gasteiger partial charge on any atom is -0.249 e. The molecule has 0 radical (unpaired) electrons. The van der Waals surface area contributed by atoms with Gasteiger partial charge in [0.15, 0.2) is 0 Å². The maximum Gasteiger partial charge on any atom is 0.267 e. The monoisotopic (exact) mass is 377 g/mol. The van der Waals surface area contributed by atoms with Crippen LogP contribution in [0, 0.1) is 0 Å². The highest BCUT2D eigenvalue weighted by Gasteiger charge is 2.16. The van der Waals surface area contributed by atoms with Crippen molar-refractivity contribution < 1.29 is 16.8 Å². The van der Waals surface area contributed by atoms with E-state index in [2.05, 4.69) is 9.97 Å². The van der Waals surface area contributed by atoms with Crippen LogP contribution in [0.5, 0.6) is 0 Å². The number of nitrogens with zero attached hydrogens (tertiary/aromatic N) is 3. The fourth-order valence-electron chi connectivity index (χ4n) is 2.25. The average molecular weight is 377 g/mol. The summed E-state index contributed by atoms with van der Waals surface area (Å²) in [6.45, 7) is 0. The Balaban J connectivity index is 1.83. The van der Waals surface area contributed by atoms with E-state index >= 15 is 0 Å². The van der Waals surface area contributed by atoms with Crippen LogP contribution in [0.4, 0.5) is 0 Å². The lowest BCUT2D eigenvalue weighted by Crippen LogP contribution is -2.10. The van der Waals surface area contributed by atoms with Crippen LogP contribution in [0.1, 0.15) is 11.1 Å². The number of rotatable bonds is 5. The zero-order chi connectivity index (χ0) is 18.1. The molecule has 0 amide bonds. The Labute approximate surface area is 146 Å². The largest absolute Gasteiger partial charge is 0.267 e. The summed E-state index contributed by atoms with van der Waals surface area (Å²) in [4.78, 5) is 7.86. The highest BCUT2D eigenvalue weighted by molar-refractivity contribution is 7.90. The van der Waals surface area contributed by atoms with E-state index in [9.17, 15) is 16.8 Å². The molecule has 0 unspecified atom stereocenters. The third-order valence-corrected chi connectivity index (χ3v) is 5.99. The second-order valence-electron chi connectivity index (χ2n) is 5.49. The number of sulfone groups is 1. The molecular weight excluding hydrogens is 362 g/mol. The van der Waals surface area contributed by atoms with Crippen LogP contribution in [0.25, 0.3) is 0 Å². The molecule has 7 nitrogen and oxygen atoms in total. The van der Waals surface area contributed by atoms with Gasteiger partial charge in [0.05, 0.1) is 4.90 Å². The van der Waals surface area contributed by atoms with Gasteiger partial charge in [-0.15, -0.1) is 0 Å². The van der Waals surface area contributed by atoms with Crippen molar-refractivity contribution in [1.82, 2.24) is 13.9 Å². The molecule has 1 aromatic carbocycles. The number of aromatic nitrogens is 3. The van der Waals surface area contributed by atoms with Crippen molar-refractivity contribution in [2.45, 2.75) is 16.5 Å². The maximum atomic E-state index is 12.5. The molecule has 0 spiro atoms. The van der Waals surface area contributed by atoms with Crippen molar-refractivity contribution in [3.05, 3.63) is 72.3 Å². The Hall–Kier alpha value is -2.52. The number of hydrogen-bond donors (Lipinski definition) is 0.